The van der Waals surface area contributed by atoms with Crippen molar-refractivity contribution in [3.05, 3.63) is 24.0 Å². The molecule has 1 atom stereocenters. The molecule has 1 saturated heterocycles. The van der Waals surface area contributed by atoms with E-state index in [-0.39, 0.29) is 11.7 Å². The number of ketones is 1. The molecule has 1 aromatic heterocycles. The Labute approximate surface area is 71.2 Å². The molecule has 0 saturated carbocycles. The third-order valence-electron chi connectivity index (χ3n) is 2.31. The van der Waals surface area contributed by atoms with Crippen molar-refractivity contribution < 1.29 is 4.79 Å². The lowest BCUT2D eigenvalue weighted by Gasteiger charge is -2.03. The molecule has 12 heavy (non-hydrogen) atoms. The Morgan fingerprint density at radius 1 is 1.58 bits per heavy atom. The van der Waals surface area contributed by atoms with Crippen LogP contribution in [0.1, 0.15) is 16.8 Å². The Hall–Kier alpha value is -1.09. The van der Waals surface area contributed by atoms with Crippen molar-refractivity contribution in [1.82, 2.24) is 10.3 Å². The Morgan fingerprint density at radius 3 is 3.08 bits per heavy atom. The zero-order chi connectivity index (χ0) is 8.39. The van der Waals surface area contributed by atoms with Gasteiger partial charge in [0.1, 0.15) is 0 Å². The number of hydrogen-bond donors (Lipinski definition) is 2. The number of aromatic nitrogens is 1. The molecule has 1 aromatic rings. The number of carbonyl (C=O) groups excluding carboxylic acids is 1. The lowest BCUT2D eigenvalue weighted by Crippen LogP contribution is -2.17. The SMILES string of the molecule is O=C(c1cc[nH]c1)C1CCNC1. The lowest BCUT2D eigenvalue weighted by atomic mass is 9.99. The smallest absolute Gasteiger partial charge is 0.168 e. The normalized spacial score (nSPS) is 22.8. The van der Waals surface area contributed by atoms with Crippen LogP contribution >= 0.6 is 0 Å². The van der Waals surface area contributed by atoms with Crippen LogP contribution < -0.4 is 5.32 Å². The molecule has 2 rings (SSSR count). The number of aromatic amines is 1. The molecule has 1 aliphatic heterocycles. The monoisotopic (exact) mass is 164 g/mol. The maximum Gasteiger partial charge on any atom is 0.168 e. The highest BCUT2D eigenvalue weighted by Crippen LogP contribution is 2.14. The Bertz CT molecular complexity index is 260. The summed E-state index contributed by atoms with van der Waals surface area (Å²) in [7, 11) is 0. The predicted molar refractivity (Wildman–Crippen MR) is 46.1 cm³/mol. The molecule has 1 fully saturated rings. The minimum Gasteiger partial charge on any atom is -0.367 e. The van der Waals surface area contributed by atoms with Crippen LogP contribution in [0.2, 0.25) is 0 Å². The highest BCUT2D eigenvalue weighted by Gasteiger charge is 2.23. The van der Waals surface area contributed by atoms with E-state index < -0.39 is 0 Å². The number of Topliss-reactive ketones (excluding diaryl/α,β-unsaturated/α-hetero) is 1. The Kier molecular flexibility index (Phi) is 1.96. The van der Waals surface area contributed by atoms with E-state index in [1.54, 1.807) is 12.4 Å². The minimum absolute atomic E-state index is 0.195. The number of carbonyl (C=O) groups is 1. The summed E-state index contributed by atoms with van der Waals surface area (Å²) in [6, 6.07) is 1.83. The van der Waals surface area contributed by atoms with Crippen LogP contribution in [0.4, 0.5) is 0 Å². The highest BCUT2D eigenvalue weighted by atomic mass is 16.1. The summed E-state index contributed by atoms with van der Waals surface area (Å²) >= 11 is 0. The first-order valence-corrected chi connectivity index (χ1v) is 4.25. The minimum atomic E-state index is 0.195. The fourth-order valence-corrected chi connectivity index (χ4v) is 1.59. The largest absolute Gasteiger partial charge is 0.367 e. The van der Waals surface area contributed by atoms with Crippen LogP contribution in [0.25, 0.3) is 0 Å². The van der Waals surface area contributed by atoms with Crippen LogP contribution in [0.5, 0.6) is 0 Å². The predicted octanol–water partition coefficient (Wildman–Crippen LogP) is 0.807. The van der Waals surface area contributed by atoms with Crippen LogP contribution in [0.15, 0.2) is 18.5 Å². The zero-order valence-electron chi connectivity index (χ0n) is 6.84. The van der Waals surface area contributed by atoms with E-state index in [0.717, 1.165) is 25.1 Å². The van der Waals surface area contributed by atoms with Crippen molar-refractivity contribution in [2.24, 2.45) is 5.92 Å². The van der Waals surface area contributed by atoms with Crippen molar-refractivity contribution in [1.29, 1.82) is 0 Å². The molecule has 0 aliphatic carbocycles. The van der Waals surface area contributed by atoms with Gasteiger partial charge in [-0.2, -0.15) is 0 Å². The summed E-state index contributed by atoms with van der Waals surface area (Å²) in [4.78, 5) is 14.5. The second kappa shape index (κ2) is 3.11. The molecular weight excluding hydrogens is 152 g/mol. The molecule has 0 amide bonds. The quantitative estimate of drug-likeness (QED) is 0.635. The highest BCUT2D eigenvalue weighted by molar-refractivity contribution is 5.97. The van der Waals surface area contributed by atoms with E-state index in [4.69, 9.17) is 0 Å². The second-order valence-electron chi connectivity index (χ2n) is 3.15. The average Bonchev–Trinajstić information content (AvgIpc) is 2.77. The van der Waals surface area contributed by atoms with E-state index in [1.165, 1.54) is 0 Å². The Balaban J connectivity index is 2.09. The third-order valence-corrected chi connectivity index (χ3v) is 2.31. The molecule has 1 aliphatic rings. The zero-order valence-corrected chi connectivity index (χ0v) is 6.84. The molecule has 0 radical (unpaired) electrons. The van der Waals surface area contributed by atoms with Gasteiger partial charge in [0.05, 0.1) is 0 Å². The maximum absolute atomic E-state index is 11.6. The summed E-state index contributed by atoms with van der Waals surface area (Å²) < 4.78 is 0. The molecular formula is C9H12N2O. The Morgan fingerprint density at radius 2 is 2.50 bits per heavy atom. The topological polar surface area (TPSA) is 44.9 Å². The summed E-state index contributed by atoms with van der Waals surface area (Å²) in [5, 5.41) is 3.18. The first-order chi connectivity index (χ1) is 5.88. The van der Waals surface area contributed by atoms with Crippen LogP contribution in [0, 0.1) is 5.92 Å². The van der Waals surface area contributed by atoms with Gasteiger partial charge in [-0.25, -0.2) is 0 Å². The third kappa shape index (κ3) is 1.28. The number of hydrogen-bond acceptors (Lipinski definition) is 2. The fourth-order valence-electron chi connectivity index (χ4n) is 1.59. The molecule has 3 nitrogen and oxygen atoms in total. The van der Waals surface area contributed by atoms with Gasteiger partial charge >= 0.3 is 0 Å². The molecule has 3 heteroatoms. The van der Waals surface area contributed by atoms with E-state index in [1.807, 2.05) is 6.07 Å². The van der Waals surface area contributed by atoms with E-state index in [9.17, 15) is 4.79 Å². The van der Waals surface area contributed by atoms with Gasteiger partial charge in [-0.15, -0.1) is 0 Å². The fraction of sp³-hybridized carbons (Fsp3) is 0.444. The molecule has 0 bridgehead atoms. The summed E-state index contributed by atoms with van der Waals surface area (Å²) in [6.45, 7) is 1.81. The van der Waals surface area contributed by atoms with E-state index in [0.29, 0.717) is 0 Å². The van der Waals surface area contributed by atoms with Crippen molar-refractivity contribution >= 4 is 5.78 Å². The molecule has 2 N–H and O–H groups in total. The van der Waals surface area contributed by atoms with Crippen molar-refractivity contribution in [2.75, 3.05) is 13.1 Å². The molecule has 64 valence electrons. The number of nitrogens with one attached hydrogen (secondary N) is 2. The summed E-state index contributed by atoms with van der Waals surface area (Å²) in [5.74, 6) is 0.460. The van der Waals surface area contributed by atoms with Gasteiger partial charge in [-0.3, -0.25) is 4.79 Å². The molecule has 1 unspecified atom stereocenters. The number of H-pyrrole nitrogens is 1. The first kappa shape index (κ1) is 7.55. The van der Waals surface area contributed by atoms with Gasteiger partial charge in [0.2, 0.25) is 0 Å². The van der Waals surface area contributed by atoms with E-state index in [2.05, 4.69) is 10.3 Å². The first-order valence-electron chi connectivity index (χ1n) is 4.25. The number of rotatable bonds is 2. The molecule has 0 spiro atoms. The van der Waals surface area contributed by atoms with Crippen LogP contribution in [0.3, 0.4) is 0 Å². The van der Waals surface area contributed by atoms with E-state index >= 15 is 0 Å². The van der Waals surface area contributed by atoms with Crippen molar-refractivity contribution in [2.45, 2.75) is 6.42 Å². The average molecular weight is 164 g/mol. The van der Waals surface area contributed by atoms with Gasteiger partial charge < -0.3 is 10.3 Å². The summed E-state index contributed by atoms with van der Waals surface area (Å²) in [6.07, 6.45) is 4.53. The van der Waals surface area contributed by atoms with Gasteiger partial charge in [-0.1, -0.05) is 0 Å². The lowest BCUT2D eigenvalue weighted by molar-refractivity contribution is 0.0930. The standard InChI is InChI=1S/C9H12N2O/c12-9(7-1-3-10-5-7)8-2-4-11-6-8/h1,3,5,8,10-11H,2,4,6H2. The molecule has 0 aromatic carbocycles. The van der Waals surface area contributed by atoms with Crippen molar-refractivity contribution in [3.8, 4) is 0 Å². The van der Waals surface area contributed by atoms with Crippen molar-refractivity contribution in [3.63, 3.8) is 0 Å². The van der Waals surface area contributed by atoms with Gasteiger partial charge in [0, 0.05) is 30.4 Å². The van der Waals surface area contributed by atoms with Crippen LogP contribution in [-0.2, 0) is 0 Å². The van der Waals surface area contributed by atoms with Gasteiger partial charge in [-0.05, 0) is 19.0 Å². The van der Waals surface area contributed by atoms with Gasteiger partial charge in [0.25, 0.3) is 0 Å². The van der Waals surface area contributed by atoms with Crippen LogP contribution in [-0.4, -0.2) is 23.9 Å². The maximum atomic E-state index is 11.6. The van der Waals surface area contributed by atoms with Gasteiger partial charge in [0.15, 0.2) is 5.78 Å². The summed E-state index contributed by atoms with van der Waals surface area (Å²) in [5.41, 5.74) is 0.809. The second-order valence-corrected chi connectivity index (χ2v) is 3.15. The molecule has 2 heterocycles.